The maximum atomic E-state index is 12.4. The highest BCUT2D eigenvalue weighted by Crippen LogP contribution is 2.54. The van der Waals surface area contributed by atoms with Crippen molar-refractivity contribution in [1.82, 2.24) is 4.90 Å². The van der Waals surface area contributed by atoms with E-state index < -0.39 is 0 Å². The van der Waals surface area contributed by atoms with Crippen LogP contribution in [0, 0.1) is 16.7 Å². The minimum Gasteiger partial charge on any atom is -0.392 e. The van der Waals surface area contributed by atoms with Crippen LogP contribution in [0.4, 0.5) is 0 Å². The van der Waals surface area contributed by atoms with Gasteiger partial charge in [-0.25, -0.2) is 0 Å². The van der Waals surface area contributed by atoms with Crippen molar-refractivity contribution in [3.63, 3.8) is 0 Å². The standard InChI is InChI=1S/C16H27NO3/c1-4-20-13-9-12(18)16(13)5-7-17(8-6-16)14(19)11-10-15(11,2)3/h11-13,18H,4-10H2,1-3H3. The number of rotatable bonds is 3. The number of amides is 1. The van der Waals surface area contributed by atoms with Crippen LogP contribution in [0.2, 0.25) is 0 Å². The summed E-state index contributed by atoms with van der Waals surface area (Å²) in [5.41, 5.74) is 0.127. The summed E-state index contributed by atoms with van der Waals surface area (Å²) < 4.78 is 5.77. The first kappa shape index (κ1) is 14.3. The van der Waals surface area contributed by atoms with Crippen molar-refractivity contribution >= 4 is 5.91 Å². The van der Waals surface area contributed by atoms with Crippen molar-refractivity contribution < 1.29 is 14.6 Å². The van der Waals surface area contributed by atoms with E-state index in [9.17, 15) is 9.90 Å². The molecule has 3 unspecified atom stereocenters. The van der Waals surface area contributed by atoms with Crippen LogP contribution >= 0.6 is 0 Å². The van der Waals surface area contributed by atoms with Crippen molar-refractivity contribution in [2.24, 2.45) is 16.7 Å². The van der Waals surface area contributed by atoms with Crippen molar-refractivity contribution in [2.75, 3.05) is 19.7 Å². The molecular weight excluding hydrogens is 254 g/mol. The average Bonchev–Trinajstić information content (AvgIpc) is 3.07. The van der Waals surface area contributed by atoms with Crippen molar-refractivity contribution in [3.05, 3.63) is 0 Å². The molecule has 1 spiro atoms. The van der Waals surface area contributed by atoms with E-state index in [1.807, 2.05) is 11.8 Å². The van der Waals surface area contributed by atoms with E-state index in [4.69, 9.17) is 4.74 Å². The lowest BCUT2D eigenvalue weighted by Gasteiger charge is -2.56. The molecule has 0 aromatic heterocycles. The van der Waals surface area contributed by atoms with Crippen LogP contribution in [-0.4, -0.2) is 47.8 Å². The Morgan fingerprint density at radius 2 is 1.95 bits per heavy atom. The molecule has 0 bridgehead atoms. The Morgan fingerprint density at radius 1 is 1.35 bits per heavy atom. The summed E-state index contributed by atoms with van der Waals surface area (Å²) in [4.78, 5) is 14.4. The quantitative estimate of drug-likeness (QED) is 0.858. The van der Waals surface area contributed by atoms with Gasteiger partial charge < -0.3 is 14.7 Å². The molecule has 4 nitrogen and oxygen atoms in total. The van der Waals surface area contributed by atoms with E-state index in [-0.39, 0.29) is 29.0 Å². The lowest BCUT2D eigenvalue weighted by atomic mass is 9.58. The molecule has 1 aliphatic heterocycles. The Balaban J connectivity index is 1.58. The highest BCUT2D eigenvalue weighted by Gasteiger charge is 2.58. The Kier molecular flexibility index (Phi) is 3.37. The van der Waals surface area contributed by atoms with Crippen LogP contribution < -0.4 is 0 Å². The lowest BCUT2D eigenvalue weighted by Crippen LogP contribution is -2.62. The number of hydrogen-bond acceptors (Lipinski definition) is 3. The second-order valence-electron chi connectivity index (χ2n) is 7.50. The molecule has 2 aliphatic carbocycles. The van der Waals surface area contributed by atoms with Crippen molar-refractivity contribution in [1.29, 1.82) is 0 Å². The van der Waals surface area contributed by atoms with Gasteiger partial charge in [0.2, 0.25) is 5.91 Å². The van der Waals surface area contributed by atoms with Crippen LogP contribution in [0.3, 0.4) is 0 Å². The van der Waals surface area contributed by atoms with Gasteiger partial charge in [0.05, 0.1) is 12.2 Å². The maximum Gasteiger partial charge on any atom is 0.226 e. The Hall–Kier alpha value is -0.610. The van der Waals surface area contributed by atoms with Gasteiger partial charge in [-0.3, -0.25) is 4.79 Å². The first-order valence-electron chi connectivity index (χ1n) is 7.99. The Labute approximate surface area is 121 Å². The molecule has 0 aromatic carbocycles. The third-order valence-electron chi connectivity index (χ3n) is 5.93. The van der Waals surface area contributed by atoms with E-state index >= 15 is 0 Å². The summed E-state index contributed by atoms with van der Waals surface area (Å²) >= 11 is 0. The zero-order valence-electron chi connectivity index (χ0n) is 12.9. The van der Waals surface area contributed by atoms with Crippen molar-refractivity contribution in [3.8, 4) is 0 Å². The lowest BCUT2D eigenvalue weighted by molar-refractivity contribution is -0.210. The first-order valence-corrected chi connectivity index (χ1v) is 7.99. The van der Waals surface area contributed by atoms with Crippen LogP contribution in [0.15, 0.2) is 0 Å². The molecule has 3 aliphatic rings. The summed E-state index contributed by atoms with van der Waals surface area (Å²) in [6.45, 7) is 8.62. The molecule has 3 atom stereocenters. The summed E-state index contributed by atoms with van der Waals surface area (Å²) in [6, 6.07) is 0. The summed E-state index contributed by atoms with van der Waals surface area (Å²) in [5, 5.41) is 10.2. The monoisotopic (exact) mass is 281 g/mol. The fraction of sp³-hybridized carbons (Fsp3) is 0.938. The van der Waals surface area contributed by atoms with Crippen molar-refractivity contribution in [2.45, 2.75) is 58.7 Å². The first-order chi connectivity index (χ1) is 9.40. The normalized spacial score (nSPS) is 37.6. The third-order valence-corrected chi connectivity index (χ3v) is 5.93. The van der Waals surface area contributed by atoms with Gasteiger partial charge in [-0.1, -0.05) is 13.8 Å². The van der Waals surface area contributed by atoms with Gasteiger partial charge in [0, 0.05) is 37.5 Å². The predicted molar refractivity (Wildman–Crippen MR) is 76.2 cm³/mol. The fourth-order valence-electron chi connectivity index (χ4n) is 4.07. The molecule has 3 rings (SSSR count). The number of carbonyl (C=O) groups is 1. The zero-order valence-corrected chi connectivity index (χ0v) is 12.9. The number of carbonyl (C=O) groups excluding carboxylic acids is 1. The van der Waals surface area contributed by atoms with E-state index in [0.29, 0.717) is 12.5 Å². The fourth-order valence-corrected chi connectivity index (χ4v) is 4.07. The second kappa shape index (κ2) is 4.70. The van der Waals surface area contributed by atoms with E-state index in [2.05, 4.69) is 13.8 Å². The van der Waals surface area contributed by atoms with Gasteiger partial charge in [0.15, 0.2) is 0 Å². The number of aliphatic hydroxyl groups excluding tert-OH is 1. The molecule has 3 fully saturated rings. The molecule has 1 N–H and O–H groups in total. The number of aliphatic hydroxyl groups is 1. The highest BCUT2D eigenvalue weighted by atomic mass is 16.5. The van der Waals surface area contributed by atoms with Crippen LogP contribution in [0.25, 0.3) is 0 Å². The SMILES string of the molecule is CCOC1CC(O)C12CCN(C(=O)C1CC1(C)C)CC2. The van der Waals surface area contributed by atoms with Gasteiger partial charge in [-0.2, -0.15) is 0 Å². The van der Waals surface area contributed by atoms with Crippen LogP contribution in [-0.2, 0) is 9.53 Å². The van der Waals surface area contributed by atoms with Gasteiger partial charge >= 0.3 is 0 Å². The van der Waals surface area contributed by atoms with Gasteiger partial charge in [0.1, 0.15) is 0 Å². The molecule has 4 heteroatoms. The second-order valence-corrected chi connectivity index (χ2v) is 7.50. The topological polar surface area (TPSA) is 49.8 Å². The predicted octanol–water partition coefficient (Wildman–Crippen LogP) is 1.81. The van der Waals surface area contributed by atoms with Gasteiger partial charge in [-0.15, -0.1) is 0 Å². The summed E-state index contributed by atoms with van der Waals surface area (Å²) in [5.74, 6) is 0.553. The molecule has 1 heterocycles. The summed E-state index contributed by atoms with van der Waals surface area (Å²) in [6.07, 6.45) is 3.51. The molecule has 20 heavy (non-hydrogen) atoms. The highest BCUT2D eigenvalue weighted by molar-refractivity contribution is 5.82. The van der Waals surface area contributed by atoms with E-state index in [0.717, 1.165) is 38.8 Å². The number of ether oxygens (including phenoxy) is 1. The summed E-state index contributed by atoms with van der Waals surface area (Å²) in [7, 11) is 0. The largest absolute Gasteiger partial charge is 0.392 e. The molecule has 1 saturated heterocycles. The van der Waals surface area contributed by atoms with E-state index in [1.54, 1.807) is 0 Å². The Morgan fingerprint density at radius 3 is 2.40 bits per heavy atom. The average molecular weight is 281 g/mol. The van der Waals surface area contributed by atoms with E-state index in [1.165, 1.54) is 0 Å². The molecule has 114 valence electrons. The molecule has 1 amide bonds. The van der Waals surface area contributed by atoms with Gasteiger partial charge in [-0.05, 0) is 31.6 Å². The number of nitrogens with zero attached hydrogens (tertiary/aromatic N) is 1. The maximum absolute atomic E-state index is 12.4. The third kappa shape index (κ3) is 2.08. The number of likely N-dealkylation sites (tertiary alicyclic amines) is 1. The van der Waals surface area contributed by atoms with Gasteiger partial charge in [0.25, 0.3) is 0 Å². The molecule has 0 radical (unpaired) electrons. The number of hydrogen-bond donors (Lipinski definition) is 1. The zero-order chi connectivity index (χ0) is 14.5. The molecule has 0 aromatic rings. The smallest absolute Gasteiger partial charge is 0.226 e. The molecule has 2 saturated carbocycles. The minimum absolute atomic E-state index is 0.0775. The van der Waals surface area contributed by atoms with Crippen LogP contribution in [0.1, 0.15) is 46.5 Å². The minimum atomic E-state index is -0.242. The van der Waals surface area contributed by atoms with Crippen LogP contribution in [0.5, 0.6) is 0 Å². The molecular formula is C16H27NO3. The Bertz CT molecular complexity index is 397. The number of piperidine rings is 1.